The standard InChI is InChI=1S/C7H9O4P.Ca/c1-6-2-4-7(5-3-6)11-12(8,9)10;/h2-5H,1H3,(H2,8,9,10);/q;+2/p-2. The van der Waals surface area contributed by atoms with E-state index in [1.807, 2.05) is 6.92 Å². The Morgan fingerprint density at radius 1 is 1.23 bits per heavy atom. The Morgan fingerprint density at radius 2 is 1.69 bits per heavy atom. The molecule has 0 aromatic heterocycles. The van der Waals surface area contributed by atoms with Crippen molar-refractivity contribution in [1.29, 1.82) is 0 Å². The molecule has 0 radical (unpaired) electrons. The van der Waals surface area contributed by atoms with Gasteiger partial charge in [-0.1, -0.05) is 17.7 Å². The van der Waals surface area contributed by atoms with Gasteiger partial charge in [0.25, 0.3) is 0 Å². The second kappa shape index (κ2) is 5.35. The van der Waals surface area contributed by atoms with Gasteiger partial charge in [-0.2, -0.15) is 0 Å². The quantitative estimate of drug-likeness (QED) is 0.518. The first-order chi connectivity index (χ1) is 5.47. The summed E-state index contributed by atoms with van der Waals surface area (Å²) in [6.45, 7) is 1.85. The van der Waals surface area contributed by atoms with Crippen LogP contribution in [0.2, 0.25) is 0 Å². The molecule has 1 aromatic carbocycles. The summed E-state index contributed by atoms with van der Waals surface area (Å²) in [5.74, 6) is 0.0499. The fourth-order valence-corrected chi connectivity index (χ4v) is 1.11. The van der Waals surface area contributed by atoms with E-state index in [4.69, 9.17) is 0 Å². The Morgan fingerprint density at radius 3 is 2.08 bits per heavy atom. The average molecular weight is 226 g/mol. The molecule has 0 aliphatic carbocycles. The fraction of sp³-hybridized carbons (Fsp3) is 0.143. The number of aryl methyl sites for hydroxylation is 1. The van der Waals surface area contributed by atoms with Crippen molar-refractivity contribution < 1.29 is 18.9 Å². The van der Waals surface area contributed by atoms with Gasteiger partial charge in [0.2, 0.25) is 0 Å². The van der Waals surface area contributed by atoms with Crippen molar-refractivity contribution in [3.05, 3.63) is 29.8 Å². The molecule has 0 heterocycles. The Bertz CT molecular complexity index is 305. The average Bonchev–Trinajstić information content (AvgIpc) is 1.91. The van der Waals surface area contributed by atoms with E-state index >= 15 is 0 Å². The summed E-state index contributed by atoms with van der Waals surface area (Å²) >= 11 is 0. The number of phosphoric acid groups is 1. The zero-order chi connectivity index (χ0) is 9.19. The summed E-state index contributed by atoms with van der Waals surface area (Å²) in [7, 11) is -4.90. The van der Waals surface area contributed by atoms with Crippen LogP contribution in [0.1, 0.15) is 5.56 Å². The molecule has 0 N–H and O–H groups in total. The van der Waals surface area contributed by atoms with Crippen molar-refractivity contribution in [2.45, 2.75) is 6.92 Å². The summed E-state index contributed by atoms with van der Waals surface area (Å²) < 4.78 is 14.2. The largest absolute Gasteiger partial charge is 2.00 e. The number of hydrogen-bond acceptors (Lipinski definition) is 4. The van der Waals surface area contributed by atoms with Gasteiger partial charge in [0, 0.05) is 0 Å². The van der Waals surface area contributed by atoms with Crippen LogP contribution in [-0.4, -0.2) is 37.7 Å². The van der Waals surface area contributed by atoms with E-state index < -0.39 is 7.82 Å². The molecule has 6 heteroatoms. The van der Waals surface area contributed by atoms with Gasteiger partial charge in [-0.15, -0.1) is 0 Å². The van der Waals surface area contributed by atoms with Crippen LogP contribution < -0.4 is 14.3 Å². The third kappa shape index (κ3) is 5.68. The summed E-state index contributed by atoms with van der Waals surface area (Å²) in [6.07, 6.45) is 0. The SMILES string of the molecule is Cc1ccc(OP(=O)([O-])[O-])cc1.[Ca+2]. The molecule has 0 amide bonds. The van der Waals surface area contributed by atoms with E-state index in [-0.39, 0.29) is 43.5 Å². The van der Waals surface area contributed by atoms with Gasteiger partial charge in [-0.05, 0) is 19.1 Å². The molecule has 0 aliphatic rings. The molecule has 0 fully saturated rings. The Hall–Kier alpha value is 0.430. The summed E-state index contributed by atoms with van der Waals surface area (Å²) in [4.78, 5) is 20.3. The zero-order valence-electron chi connectivity index (χ0n) is 7.10. The van der Waals surface area contributed by atoms with E-state index in [1.165, 1.54) is 12.1 Å². The number of rotatable bonds is 2. The van der Waals surface area contributed by atoms with Gasteiger partial charge in [0.15, 0.2) is 0 Å². The second-order valence-electron chi connectivity index (χ2n) is 2.35. The molecular weight excluding hydrogens is 219 g/mol. The maximum absolute atomic E-state index is 10.1. The van der Waals surface area contributed by atoms with Crippen LogP contribution >= 0.6 is 7.82 Å². The van der Waals surface area contributed by atoms with Crippen LogP contribution in [0.15, 0.2) is 24.3 Å². The van der Waals surface area contributed by atoms with E-state index in [0.29, 0.717) is 0 Å². The van der Waals surface area contributed by atoms with Crippen molar-refractivity contribution in [1.82, 2.24) is 0 Å². The third-order valence-electron chi connectivity index (χ3n) is 1.24. The van der Waals surface area contributed by atoms with Gasteiger partial charge >= 0.3 is 37.7 Å². The number of hydrogen-bond donors (Lipinski definition) is 0. The third-order valence-corrected chi connectivity index (χ3v) is 1.67. The first kappa shape index (κ1) is 13.4. The van der Waals surface area contributed by atoms with E-state index in [9.17, 15) is 14.4 Å². The molecule has 1 rings (SSSR count). The maximum Gasteiger partial charge on any atom is 2.00 e. The van der Waals surface area contributed by atoms with Crippen LogP contribution in [0.3, 0.4) is 0 Å². The number of phosphoric ester groups is 1. The fourth-order valence-electron chi connectivity index (χ4n) is 0.728. The predicted octanol–water partition coefficient (Wildman–Crippen LogP) is -0.178. The van der Waals surface area contributed by atoms with Crippen molar-refractivity contribution in [3.63, 3.8) is 0 Å². The summed E-state index contributed by atoms with van der Waals surface area (Å²) in [6, 6.07) is 6.17. The maximum atomic E-state index is 10.1. The molecule has 0 saturated carbocycles. The van der Waals surface area contributed by atoms with Crippen LogP contribution in [0, 0.1) is 6.92 Å². The first-order valence-corrected chi connectivity index (χ1v) is 4.72. The smallest absolute Gasteiger partial charge is 0.780 e. The minimum absolute atomic E-state index is 0. The minimum atomic E-state index is -4.90. The summed E-state index contributed by atoms with van der Waals surface area (Å²) in [5.41, 5.74) is 0.967. The van der Waals surface area contributed by atoms with Crippen LogP contribution in [0.25, 0.3) is 0 Å². The number of benzene rings is 1. The minimum Gasteiger partial charge on any atom is -0.780 e. The van der Waals surface area contributed by atoms with E-state index in [2.05, 4.69) is 4.52 Å². The monoisotopic (exact) mass is 226 g/mol. The van der Waals surface area contributed by atoms with Gasteiger partial charge in [-0.3, -0.25) is 0 Å². The van der Waals surface area contributed by atoms with Gasteiger partial charge < -0.3 is 18.9 Å². The molecule has 66 valence electrons. The molecule has 0 unspecified atom stereocenters. The van der Waals surface area contributed by atoms with Crippen molar-refractivity contribution in [2.75, 3.05) is 0 Å². The molecule has 0 spiro atoms. The first-order valence-electron chi connectivity index (χ1n) is 3.26. The summed E-state index contributed by atoms with van der Waals surface area (Å²) in [5, 5.41) is 0. The second-order valence-corrected chi connectivity index (χ2v) is 3.43. The van der Waals surface area contributed by atoms with E-state index in [1.54, 1.807) is 12.1 Å². The topological polar surface area (TPSA) is 72.4 Å². The Kier molecular flexibility index (Phi) is 5.52. The molecule has 0 bridgehead atoms. The van der Waals surface area contributed by atoms with Crippen LogP contribution in [-0.2, 0) is 4.57 Å². The zero-order valence-corrected chi connectivity index (χ0v) is 10.2. The Labute approximate surface area is 106 Å². The predicted molar refractivity (Wildman–Crippen MR) is 45.2 cm³/mol. The van der Waals surface area contributed by atoms with E-state index in [0.717, 1.165) is 5.56 Å². The molecule has 0 aliphatic heterocycles. The van der Waals surface area contributed by atoms with Gasteiger partial charge in [0.05, 0.1) is 0 Å². The molecule has 4 nitrogen and oxygen atoms in total. The van der Waals surface area contributed by atoms with Crippen molar-refractivity contribution >= 4 is 45.6 Å². The molecule has 13 heavy (non-hydrogen) atoms. The van der Waals surface area contributed by atoms with Crippen molar-refractivity contribution in [2.24, 2.45) is 0 Å². The van der Waals surface area contributed by atoms with Crippen molar-refractivity contribution in [3.8, 4) is 5.75 Å². The molecular formula is C7H7CaO4P. The van der Waals surface area contributed by atoms with Crippen LogP contribution in [0.5, 0.6) is 5.75 Å². The normalized spacial score (nSPS) is 10.4. The molecule has 1 aromatic rings. The molecule has 0 atom stereocenters. The van der Waals surface area contributed by atoms with Gasteiger partial charge in [-0.25, -0.2) is 0 Å². The van der Waals surface area contributed by atoms with Crippen LogP contribution in [0.4, 0.5) is 0 Å². The van der Waals surface area contributed by atoms with Gasteiger partial charge in [0.1, 0.15) is 13.6 Å². The molecule has 0 saturated heterocycles. The Balaban J connectivity index is 0.00000144.